The monoisotopic (exact) mass is 667 g/mol. The summed E-state index contributed by atoms with van der Waals surface area (Å²) in [5.41, 5.74) is -0.258. The van der Waals surface area contributed by atoms with E-state index in [-0.39, 0.29) is 18.2 Å². The number of methoxy groups -OCH3 is 2. The van der Waals surface area contributed by atoms with Crippen molar-refractivity contribution in [2.75, 3.05) is 24.9 Å². The average molecular weight is 668 g/mol. The minimum atomic E-state index is -1.72. The number of ether oxygens (including phenoxy) is 2. The van der Waals surface area contributed by atoms with Gasteiger partial charge in [-0.2, -0.15) is 0 Å². The lowest BCUT2D eigenvalue weighted by atomic mass is 10.1. The van der Waals surface area contributed by atoms with E-state index in [2.05, 4.69) is 10.6 Å². The molecule has 0 spiro atoms. The highest BCUT2D eigenvalue weighted by molar-refractivity contribution is 8.00. The van der Waals surface area contributed by atoms with Crippen LogP contribution in [0.3, 0.4) is 0 Å². The van der Waals surface area contributed by atoms with E-state index in [1.54, 1.807) is 79.7 Å². The Morgan fingerprint density at radius 1 is 0.830 bits per heavy atom. The minimum absolute atomic E-state index is 0.0490. The molecule has 0 aliphatic heterocycles. The first kappa shape index (κ1) is 34.6. The van der Waals surface area contributed by atoms with Crippen LogP contribution in [0.4, 0.5) is 28.9 Å². The molecule has 4 rings (SSSR count). The Balaban J connectivity index is 1.56. The maximum atomic E-state index is 14.1. The van der Waals surface area contributed by atoms with Gasteiger partial charge in [0.2, 0.25) is 5.91 Å². The molecular formula is C34H29F4N3O5S. The van der Waals surface area contributed by atoms with Gasteiger partial charge in [-0.15, -0.1) is 11.8 Å². The number of hydrogen-bond donors (Lipinski definition) is 3. The maximum Gasteiger partial charge on any atom is 0.272 e. The molecular weight excluding hydrogens is 638 g/mol. The quantitative estimate of drug-likeness (QED) is 0.0640. The van der Waals surface area contributed by atoms with Crippen molar-refractivity contribution in [2.24, 2.45) is 0 Å². The summed E-state index contributed by atoms with van der Waals surface area (Å²) in [5.74, 6) is -7.96. The second kappa shape index (κ2) is 15.8. The Kier molecular flexibility index (Phi) is 11.6. The number of benzene rings is 4. The topological polar surface area (TPSA) is 106 Å². The molecule has 0 saturated carbocycles. The zero-order valence-electron chi connectivity index (χ0n) is 25.3. The third-order valence-corrected chi connectivity index (χ3v) is 8.02. The van der Waals surface area contributed by atoms with Crippen LogP contribution >= 0.6 is 11.8 Å². The van der Waals surface area contributed by atoms with Crippen molar-refractivity contribution in [1.29, 1.82) is 0 Å². The number of amides is 3. The summed E-state index contributed by atoms with van der Waals surface area (Å²) >= 11 is 0.996. The molecule has 0 aliphatic rings. The highest BCUT2D eigenvalue weighted by Crippen LogP contribution is 2.31. The van der Waals surface area contributed by atoms with E-state index in [1.165, 1.54) is 20.3 Å². The van der Waals surface area contributed by atoms with Crippen LogP contribution in [0.2, 0.25) is 0 Å². The van der Waals surface area contributed by atoms with Gasteiger partial charge in [-0.25, -0.2) is 17.6 Å². The predicted octanol–water partition coefficient (Wildman–Crippen LogP) is 7.18. The maximum absolute atomic E-state index is 14.1. The lowest BCUT2D eigenvalue weighted by molar-refractivity contribution is -0.116. The Labute approximate surface area is 272 Å². The molecule has 1 unspecified atom stereocenters. The molecule has 4 aromatic carbocycles. The lowest BCUT2D eigenvalue weighted by Gasteiger charge is -2.17. The number of anilines is 2. The Bertz CT molecular complexity index is 1800. The second-order valence-corrected chi connectivity index (χ2v) is 11.1. The molecule has 0 radical (unpaired) electrons. The van der Waals surface area contributed by atoms with Crippen LogP contribution < -0.4 is 25.4 Å². The standard InChI is InChI=1S/C34H29F4N3O5S/c1-4-28(34(44)41-31-29(37)24(35)18-25(36)30(31)38)47-23-12-8-11-21(16-23)39-33(43)26(40-32(42)19-9-6-5-7-10-19)15-20-13-14-22(45-2)17-27(20)46-3/h5-18,28H,4H2,1-3H3,(H,39,43)(H,40,42)(H,41,44)/b26-15+. The van der Waals surface area contributed by atoms with E-state index in [4.69, 9.17) is 9.47 Å². The van der Waals surface area contributed by atoms with E-state index < -0.39 is 51.9 Å². The molecule has 244 valence electrons. The van der Waals surface area contributed by atoms with Crippen LogP contribution in [0.15, 0.2) is 89.5 Å². The highest BCUT2D eigenvalue weighted by Gasteiger charge is 2.25. The van der Waals surface area contributed by atoms with Crippen LogP contribution in [-0.4, -0.2) is 37.2 Å². The summed E-state index contributed by atoms with van der Waals surface area (Å²) in [4.78, 5) is 39.9. The van der Waals surface area contributed by atoms with E-state index in [9.17, 15) is 31.9 Å². The van der Waals surface area contributed by atoms with Crippen molar-refractivity contribution in [2.45, 2.75) is 23.5 Å². The first-order chi connectivity index (χ1) is 22.5. The van der Waals surface area contributed by atoms with Gasteiger partial charge in [0, 0.05) is 33.8 Å². The normalized spacial score (nSPS) is 11.8. The first-order valence-corrected chi connectivity index (χ1v) is 14.9. The number of carbonyl (C=O) groups is 3. The molecule has 1 atom stereocenters. The fourth-order valence-electron chi connectivity index (χ4n) is 4.25. The minimum Gasteiger partial charge on any atom is -0.497 e. The summed E-state index contributed by atoms with van der Waals surface area (Å²) in [5, 5.41) is 6.37. The largest absolute Gasteiger partial charge is 0.497 e. The smallest absolute Gasteiger partial charge is 0.272 e. The van der Waals surface area contributed by atoms with Gasteiger partial charge in [-0.05, 0) is 55.0 Å². The molecule has 0 aromatic heterocycles. The Hall–Kier alpha value is -5.30. The fourth-order valence-corrected chi connectivity index (χ4v) is 5.27. The van der Waals surface area contributed by atoms with Crippen LogP contribution in [0.5, 0.6) is 11.5 Å². The van der Waals surface area contributed by atoms with Crippen LogP contribution in [0.25, 0.3) is 6.08 Å². The molecule has 0 aliphatic carbocycles. The molecule has 4 aromatic rings. The van der Waals surface area contributed by atoms with Crippen LogP contribution in [0, 0.1) is 23.3 Å². The number of hydrogen-bond acceptors (Lipinski definition) is 6. The Morgan fingerprint density at radius 3 is 2.17 bits per heavy atom. The summed E-state index contributed by atoms with van der Waals surface area (Å²) in [6.07, 6.45) is 1.62. The van der Waals surface area contributed by atoms with Gasteiger partial charge in [0.25, 0.3) is 11.8 Å². The van der Waals surface area contributed by atoms with Crippen molar-refractivity contribution >= 4 is 46.9 Å². The van der Waals surface area contributed by atoms with E-state index >= 15 is 0 Å². The summed E-state index contributed by atoms with van der Waals surface area (Å²) in [7, 11) is 2.95. The van der Waals surface area contributed by atoms with Crippen molar-refractivity contribution in [1.82, 2.24) is 5.32 Å². The number of halogens is 4. The summed E-state index contributed by atoms with van der Waals surface area (Å²) in [6, 6.07) is 19.6. The second-order valence-electron chi connectivity index (χ2n) is 9.82. The van der Waals surface area contributed by atoms with Crippen LogP contribution in [0.1, 0.15) is 29.3 Å². The molecule has 0 fully saturated rings. The molecule has 0 saturated heterocycles. The van der Waals surface area contributed by atoms with E-state index in [0.29, 0.717) is 33.2 Å². The molecule has 0 heterocycles. The van der Waals surface area contributed by atoms with Crippen molar-refractivity contribution < 1.29 is 41.4 Å². The van der Waals surface area contributed by atoms with E-state index in [1.807, 2.05) is 5.32 Å². The van der Waals surface area contributed by atoms with Crippen molar-refractivity contribution in [3.63, 3.8) is 0 Å². The van der Waals surface area contributed by atoms with Gasteiger partial charge in [-0.1, -0.05) is 31.2 Å². The van der Waals surface area contributed by atoms with Crippen LogP contribution in [-0.2, 0) is 9.59 Å². The number of rotatable bonds is 12. The van der Waals surface area contributed by atoms with Gasteiger partial charge in [0.15, 0.2) is 23.3 Å². The number of carbonyl (C=O) groups excluding carboxylic acids is 3. The van der Waals surface area contributed by atoms with Gasteiger partial charge in [0.05, 0.1) is 19.5 Å². The lowest BCUT2D eigenvalue weighted by Crippen LogP contribution is -2.30. The molecule has 3 amide bonds. The van der Waals surface area contributed by atoms with Gasteiger partial charge in [-0.3, -0.25) is 14.4 Å². The average Bonchev–Trinajstić information content (AvgIpc) is 3.08. The Morgan fingerprint density at radius 2 is 1.53 bits per heavy atom. The van der Waals surface area contributed by atoms with Gasteiger partial charge in [0.1, 0.15) is 22.9 Å². The number of nitrogens with one attached hydrogen (secondary N) is 3. The first-order valence-electron chi connectivity index (χ1n) is 14.1. The zero-order valence-corrected chi connectivity index (χ0v) is 26.1. The molecule has 0 bridgehead atoms. The van der Waals surface area contributed by atoms with Crippen molar-refractivity contribution in [3.05, 3.63) is 119 Å². The predicted molar refractivity (Wildman–Crippen MR) is 171 cm³/mol. The van der Waals surface area contributed by atoms with Gasteiger partial charge >= 0.3 is 0 Å². The molecule has 13 heteroatoms. The third-order valence-electron chi connectivity index (χ3n) is 6.66. The molecule has 47 heavy (non-hydrogen) atoms. The fraction of sp³-hybridized carbons (Fsp3) is 0.147. The SMILES string of the molecule is CCC(Sc1cccc(NC(=O)/C(=C\c2ccc(OC)cc2OC)NC(=O)c2ccccc2)c1)C(=O)Nc1c(F)c(F)cc(F)c1F. The summed E-state index contributed by atoms with van der Waals surface area (Å²) in [6.45, 7) is 1.64. The third kappa shape index (κ3) is 8.70. The summed E-state index contributed by atoms with van der Waals surface area (Å²) < 4.78 is 66.2. The molecule has 3 N–H and O–H groups in total. The molecule has 8 nitrogen and oxygen atoms in total. The highest BCUT2D eigenvalue weighted by atomic mass is 32.2. The zero-order chi connectivity index (χ0) is 34.1. The van der Waals surface area contributed by atoms with Gasteiger partial charge < -0.3 is 25.4 Å². The van der Waals surface area contributed by atoms with Crippen molar-refractivity contribution in [3.8, 4) is 11.5 Å². The number of thioether (sulfide) groups is 1. The van der Waals surface area contributed by atoms with E-state index in [0.717, 1.165) is 11.8 Å².